The number of carbonyl (C=O) groups excluding carboxylic acids is 2. The first-order valence-corrected chi connectivity index (χ1v) is 7.95. The molecule has 0 spiro atoms. The van der Waals surface area contributed by atoms with Gasteiger partial charge in [0.2, 0.25) is 0 Å². The van der Waals surface area contributed by atoms with Gasteiger partial charge in [-0.05, 0) is 36.8 Å². The molecule has 6 nitrogen and oxygen atoms in total. The topological polar surface area (TPSA) is 94.0 Å². The average molecular weight is 336 g/mol. The van der Waals surface area contributed by atoms with Crippen LogP contribution < -0.4 is 16.0 Å². The summed E-state index contributed by atoms with van der Waals surface area (Å²) >= 11 is 0. The molecular formula is C19H20N4O2. The number of nitrogens with zero attached hydrogens (tertiary/aromatic N) is 1. The molecule has 128 valence electrons. The standard InChI is InChI=1S/C19H20N4O2/c1-14(11-20)12-22-19(25)23-17-9-7-16(8-10-17)18(24)21-13-15-5-3-2-4-6-15/h2-10,14H,12-13H2,1H3,(H,21,24)(H2,22,23,25). The van der Waals surface area contributed by atoms with Crippen LogP contribution in [-0.4, -0.2) is 18.5 Å². The van der Waals surface area contributed by atoms with Gasteiger partial charge in [-0.1, -0.05) is 30.3 Å². The SMILES string of the molecule is CC(C#N)CNC(=O)Nc1ccc(C(=O)NCc2ccccc2)cc1. The Labute approximate surface area is 146 Å². The van der Waals surface area contributed by atoms with Crippen LogP contribution in [0.4, 0.5) is 10.5 Å². The smallest absolute Gasteiger partial charge is 0.319 e. The summed E-state index contributed by atoms with van der Waals surface area (Å²) < 4.78 is 0. The van der Waals surface area contributed by atoms with Crippen LogP contribution in [0.3, 0.4) is 0 Å². The van der Waals surface area contributed by atoms with Crippen molar-refractivity contribution in [3.8, 4) is 6.07 Å². The van der Waals surface area contributed by atoms with Gasteiger partial charge in [0.15, 0.2) is 0 Å². The summed E-state index contributed by atoms with van der Waals surface area (Å²) in [4.78, 5) is 23.8. The molecule has 2 rings (SSSR count). The minimum Gasteiger partial charge on any atom is -0.348 e. The molecule has 3 N–H and O–H groups in total. The Hall–Kier alpha value is -3.33. The van der Waals surface area contributed by atoms with Crippen LogP contribution in [0, 0.1) is 17.2 Å². The van der Waals surface area contributed by atoms with E-state index in [2.05, 4.69) is 16.0 Å². The van der Waals surface area contributed by atoms with Crippen LogP contribution in [0.15, 0.2) is 54.6 Å². The quantitative estimate of drug-likeness (QED) is 0.757. The third-order valence-electron chi connectivity index (χ3n) is 3.49. The van der Waals surface area contributed by atoms with Crippen LogP contribution in [0.2, 0.25) is 0 Å². The monoisotopic (exact) mass is 336 g/mol. The van der Waals surface area contributed by atoms with E-state index in [0.29, 0.717) is 17.8 Å². The van der Waals surface area contributed by atoms with Gasteiger partial charge < -0.3 is 16.0 Å². The van der Waals surface area contributed by atoms with Gasteiger partial charge in [-0.2, -0.15) is 5.26 Å². The van der Waals surface area contributed by atoms with E-state index in [1.807, 2.05) is 36.4 Å². The molecule has 0 aliphatic heterocycles. The number of urea groups is 1. The van der Waals surface area contributed by atoms with E-state index >= 15 is 0 Å². The highest BCUT2D eigenvalue weighted by Gasteiger charge is 2.07. The van der Waals surface area contributed by atoms with Crippen molar-refractivity contribution in [1.29, 1.82) is 5.26 Å². The van der Waals surface area contributed by atoms with Crippen LogP contribution in [0.25, 0.3) is 0 Å². The molecule has 0 aliphatic carbocycles. The molecule has 6 heteroatoms. The van der Waals surface area contributed by atoms with Gasteiger partial charge in [-0.25, -0.2) is 4.79 Å². The van der Waals surface area contributed by atoms with Crippen molar-refractivity contribution in [2.45, 2.75) is 13.5 Å². The van der Waals surface area contributed by atoms with E-state index in [-0.39, 0.29) is 24.4 Å². The molecule has 0 heterocycles. The maximum absolute atomic E-state index is 12.1. The molecule has 1 atom stereocenters. The van der Waals surface area contributed by atoms with Crippen LogP contribution in [0.1, 0.15) is 22.8 Å². The Morgan fingerprint density at radius 1 is 1.04 bits per heavy atom. The Morgan fingerprint density at radius 3 is 2.36 bits per heavy atom. The molecule has 0 bridgehead atoms. The fourth-order valence-electron chi connectivity index (χ4n) is 2.05. The van der Waals surface area contributed by atoms with Gasteiger partial charge in [-0.15, -0.1) is 0 Å². The van der Waals surface area contributed by atoms with E-state index in [0.717, 1.165) is 5.56 Å². The van der Waals surface area contributed by atoms with E-state index < -0.39 is 0 Å². The molecule has 0 saturated carbocycles. The molecular weight excluding hydrogens is 316 g/mol. The summed E-state index contributed by atoms with van der Waals surface area (Å²) in [6.45, 7) is 2.46. The largest absolute Gasteiger partial charge is 0.348 e. The number of nitrogens with one attached hydrogen (secondary N) is 3. The van der Waals surface area contributed by atoms with Crippen molar-refractivity contribution in [2.24, 2.45) is 5.92 Å². The average Bonchev–Trinajstić information content (AvgIpc) is 2.65. The summed E-state index contributed by atoms with van der Waals surface area (Å²) in [6.07, 6.45) is 0. The number of nitriles is 1. The molecule has 0 fully saturated rings. The Morgan fingerprint density at radius 2 is 1.72 bits per heavy atom. The first-order valence-electron chi connectivity index (χ1n) is 7.95. The number of hydrogen-bond acceptors (Lipinski definition) is 3. The predicted octanol–water partition coefficient (Wildman–Crippen LogP) is 2.90. The third kappa shape index (κ3) is 5.99. The molecule has 0 radical (unpaired) electrons. The molecule has 0 aromatic heterocycles. The maximum atomic E-state index is 12.1. The molecule has 1 unspecified atom stereocenters. The van der Waals surface area contributed by atoms with Crippen molar-refractivity contribution < 1.29 is 9.59 Å². The van der Waals surface area contributed by atoms with Crippen molar-refractivity contribution in [3.05, 3.63) is 65.7 Å². The fraction of sp³-hybridized carbons (Fsp3) is 0.211. The summed E-state index contributed by atoms with van der Waals surface area (Å²) in [5.74, 6) is -0.427. The Kier molecular flexibility index (Phi) is 6.55. The second-order valence-electron chi connectivity index (χ2n) is 5.61. The molecule has 25 heavy (non-hydrogen) atoms. The summed E-state index contributed by atoms with van der Waals surface area (Å²) in [7, 11) is 0. The first kappa shape index (κ1) is 18.0. The lowest BCUT2D eigenvalue weighted by atomic mass is 10.1. The van der Waals surface area contributed by atoms with Gasteiger partial charge >= 0.3 is 6.03 Å². The van der Waals surface area contributed by atoms with E-state index in [1.54, 1.807) is 31.2 Å². The van der Waals surface area contributed by atoms with Crippen molar-refractivity contribution in [3.63, 3.8) is 0 Å². The molecule has 0 aliphatic rings. The van der Waals surface area contributed by atoms with Gasteiger partial charge in [0.05, 0.1) is 12.0 Å². The normalized spacial score (nSPS) is 11.0. The highest BCUT2D eigenvalue weighted by Crippen LogP contribution is 2.10. The lowest BCUT2D eigenvalue weighted by molar-refractivity contribution is 0.0951. The lowest BCUT2D eigenvalue weighted by Gasteiger charge is -2.09. The lowest BCUT2D eigenvalue weighted by Crippen LogP contribution is -2.32. The highest BCUT2D eigenvalue weighted by atomic mass is 16.2. The minimum atomic E-state index is -0.386. The second-order valence-corrected chi connectivity index (χ2v) is 5.61. The second kappa shape index (κ2) is 9.08. The minimum absolute atomic E-state index is 0.178. The number of carbonyl (C=O) groups is 2. The van der Waals surface area contributed by atoms with E-state index in [1.165, 1.54) is 0 Å². The number of benzene rings is 2. The fourth-order valence-corrected chi connectivity index (χ4v) is 2.05. The van der Waals surface area contributed by atoms with Crippen LogP contribution >= 0.6 is 0 Å². The van der Waals surface area contributed by atoms with Gasteiger partial charge in [0.25, 0.3) is 5.91 Å². The zero-order valence-electron chi connectivity index (χ0n) is 14.0. The highest BCUT2D eigenvalue weighted by molar-refractivity contribution is 5.95. The zero-order chi connectivity index (χ0) is 18.1. The van der Waals surface area contributed by atoms with Crippen molar-refractivity contribution in [2.75, 3.05) is 11.9 Å². The Balaban J connectivity index is 1.83. The molecule has 0 saturated heterocycles. The number of anilines is 1. The Bertz CT molecular complexity index is 751. The van der Waals surface area contributed by atoms with Crippen molar-refractivity contribution >= 4 is 17.6 Å². The molecule has 3 amide bonds. The molecule has 2 aromatic rings. The summed E-state index contributed by atoms with van der Waals surface area (Å²) in [6, 6.07) is 17.9. The number of rotatable bonds is 6. The van der Waals surface area contributed by atoms with Crippen molar-refractivity contribution in [1.82, 2.24) is 10.6 Å². The zero-order valence-corrected chi connectivity index (χ0v) is 14.0. The van der Waals surface area contributed by atoms with Crippen LogP contribution in [0.5, 0.6) is 0 Å². The van der Waals surface area contributed by atoms with E-state index in [9.17, 15) is 9.59 Å². The summed E-state index contributed by atoms with van der Waals surface area (Å²) in [5.41, 5.74) is 2.11. The van der Waals surface area contributed by atoms with Gasteiger partial charge in [0, 0.05) is 24.3 Å². The van der Waals surface area contributed by atoms with E-state index in [4.69, 9.17) is 5.26 Å². The first-order chi connectivity index (χ1) is 12.1. The van der Waals surface area contributed by atoms with Gasteiger partial charge in [0.1, 0.15) is 0 Å². The molecule has 2 aromatic carbocycles. The van der Waals surface area contributed by atoms with Crippen LogP contribution in [-0.2, 0) is 6.54 Å². The van der Waals surface area contributed by atoms with Gasteiger partial charge in [-0.3, -0.25) is 4.79 Å². The maximum Gasteiger partial charge on any atom is 0.319 e. The summed E-state index contributed by atoms with van der Waals surface area (Å²) in [5, 5.41) is 16.8. The third-order valence-corrected chi connectivity index (χ3v) is 3.49. The number of hydrogen-bond donors (Lipinski definition) is 3. The number of amides is 3. The predicted molar refractivity (Wildman–Crippen MR) is 95.9 cm³/mol.